The number of carbonyl (C=O) groups is 2. The minimum Gasteiger partial charge on any atom is -0.478 e. The van der Waals surface area contributed by atoms with Gasteiger partial charge in [-0.1, -0.05) is 11.6 Å². The number of hydrogen-bond donors (Lipinski definition) is 3. The minimum atomic E-state index is -4.34. The summed E-state index contributed by atoms with van der Waals surface area (Å²) >= 11 is 5.41. The number of aromatic carboxylic acids is 1. The highest BCUT2D eigenvalue weighted by atomic mass is 35.5. The molecule has 10 heteroatoms. The molecule has 0 saturated carbocycles. The van der Waals surface area contributed by atoms with Crippen LogP contribution in [-0.4, -0.2) is 34.9 Å². The van der Waals surface area contributed by atoms with E-state index in [1.165, 1.54) is 12.1 Å². The molecular formula is C11H10ClF3N2O3S. The molecule has 21 heavy (non-hydrogen) atoms. The number of benzene rings is 1. The smallest absolute Gasteiger partial charge is 0.441 e. The molecule has 116 valence electrons. The summed E-state index contributed by atoms with van der Waals surface area (Å²) in [6, 6.07) is 3.07. The number of nitrogens with one attached hydrogen (secondary N) is 2. The van der Waals surface area contributed by atoms with Crippen molar-refractivity contribution in [2.45, 2.75) is 5.51 Å². The SMILES string of the molecule is O=C(NCCSC(F)(F)F)Nc1ccc(Cl)c(C(=O)O)c1. The van der Waals surface area contributed by atoms with E-state index in [-0.39, 0.29) is 40.3 Å². The summed E-state index contributed by atoms with van der Waals surface area (Å²) in [5.74, 6) is -1.58. The second kappa shape index (κ2) is 7.41. The number of amides is 2. The Hall–Kier alpha value is -1.61. The number of alkyl halides is 3. The van der Waals surface area contributed by atoms with Gasteiger partial charge in [0, 0.05) is 18.0 Å². The molecule has 5 nitrogen and oxygen atoms in total. The maximum Gasteiger partial charge on any atom is 0.441 e. The van der Waals surface area contributed by atoms with Crippen LogP contribution in [0.15, 0.2) is 18.2 Å². The summed E-state index contributed by atoms with van der Waals surface area (Å²) in [6.07, 6.45) is 0. The lowest BCUT2D eigenvalue weighted by molar-refractivity contribution is -0.0327. The summed E-state index contributed by atoms with van der Waals surface area (Å²) in [4.78, 5) is 22.3. The van der Waals surface area contributed by atoms with Crippen LogP contribution in [0.5, 0.6) is 0 Å². The molecule has 0 unspecified atom stereocenters. The van der Waals surface area contributed by atoms with Crippen LogP contribution in [-0.2, 0) is 0 Å². The van der Waals surface area contributed by atoms with E-state index in [1.807, 2.05) is 0 Å². The summed E-state index contributed by atoms with van der Waals surface area (Å²) in [6.45, 7) is -0.185. The van der Waals surface area contributed by atoms with Crippen LogP contribution in [0.4, 0.5) is 23.7 Å². The highest BCUT2D eigenvalue weighted by molar-refractivity contribution is 8.00. The highest BCUT2D eigenvalue weighted by Gasteiger charge is 2.27. The Balaban J connectivity index is 2.48. The molecule has 0 saturated heterocycles. The first-order valence-electron chi connectivity index (χ1n) is 5.47. The molecule has 0 aliphatic heterocycles. The van der Waals surface area contributed by atoms with E-state index in [0.717, 1.165) is 6.07 Å². The predicted octanol–water partition coefficient (Wildman–Crippen LogP) is 3.41. The summed E-state index contributed by atoms with van der Waals surface area (Å²) in [5, 5.41) is 13.4. The van der Waals surface area contributed by atoms with Gasteiger partial charge in [0.2, 0.25) is 0 Å². The Morgan fingerprint density at radius 1 is 1.33 bits per heavy atom. The molecule has 1 rings (SSSR count). The minimum absolute atomic E-state index is 0.00929. The summed E-state index contributed by atoms with van der Waals surface area (Å²) < 4.78 is 35.6. The van der Waals surface area contributed by atoms with Gasteiger partial charge in [0.1, 0.15) is 0 Å². The van der Waals surface area contributed by atoms with Crippen molar-refractivity contribution in [3.63, 3.8) is 0 Å². The molecule has 0 heterocycles. The molecule has 0 spiro atoms. The van der Waals surface area contributed by atoms with Gasteiger partial charge in [-0.3, -0.25) is 0 Å². The second-order valence-electron chi connectivity index (χ2n) is 3.67. The first-order chi connectivity index (χ1) is 9.69. The van der Waals surface area contributed by atoms with Gasteiger partial charge >= 0.3 is 17.5 Å². The monoisotopic (exact) mass is 342 g/mol. The molecule has 2 amide bonds. The quantitative estimate of drug-likeness (QED) is 0.716. The zero-order valence-corrected chi connectivity index (χ0v) is 11.9. The summed E-state index contributed by atoms with van der Waals surface area (Å²) in [5.41, 5.74) is -4.37. The standard InChI is InChI=1S/C11H10ClF3N2O3S/c12-8-2-1-6(5-7(8)9(18)19)17-10(20)16-3-4-21-11(13,14)15/h1-2,5H,3-4H2,(H,18,19)(H2,16,17,20). The van der Waals surface area contributed by atoms with Crippen LogP contribution in [0.1, 0.15) is 10.4 Å². The number of carboxylic acid groups (broad SMARTS) is 1. The highest BCUT2D eigenvalue weighted by Crippen LogP contribution is 2.29. The van der Waals surface area contributed by atoms with E-state index in [2.05, 4.69) is 10.6 Å². The Morgan fingerprint density at radius 2 is 2.00 bits per heavy atom. The first kappa shape index (κ1) is 17.4. The Morgan fingerprint density at radius 3 is 2.57 bits per heavy atom. The average Bonchev–Trinajstić information content (AvgIpc) is 2.35. The topological polar surface area (TPSA) is 78.4 Å². The number of rotatable bonds is 5. The predicted molar refractivity (Wildman–Crippen MR) is 73.9 cm³/mol. The van der Waals surface area contributed by atoms with Crippen LogP contribution >= 0.6 is 23.4 Å². The fourth-order valence-electron chi connectivity index (χ4n) is 1.27. The molecule has 0 radical (unpaired) electrons. The average molecular weight is 343 g/mol. The van der Waals surface area contributed by atoms with Crippen molar-refractivity contribution in [1.82, 2.24) is 5.32 Å². The third-order valence-corrected chi connectivity index (χ3v) is 3.17. The van der Waals surface area contributed by atoms with Crippen LogP contribution in [0.3, 0.4) is 0 Å². The zero-order valence-electron chi connectivity index (χ0n) is 10.3. The Kier molecular flexibility index (Phi) is 6.16. The van der Waals surface area contributed by atoms with Gasteiger partial charge in [0.05, 0.1) is 10.6 Å². The van der Waals surface area contributed by atoms with Crippen LogP contribution in [0.2, 0.25) is 5.02 Å². The maximum absolute atomic E-state index is 11.9. The van der Waals surface area contributed by atoms with Crippen molar-refractivity contribution in [2.24, 2.45) is 0 Å². The van der Waals surface area contributed by atoms with Crippen molar-refractivity contribution in [3.8, 4) is 0 Å². The second-order valence-corrected chi connectivity index (χ2v) is 5.24. The molecule has 0 fully saturated rings. The lowest BCUT2D eigenvalue weighted by Gasteiger charge is -2.09. The van der Waals surface area contributed by atoms with Gasteiger partial charge in [-0.25, -0.2) is 9.59 Å². The van der Waals surface area contributed by atoms with Crippen molar-refractivity contribution in [3.05, 3.63) is 28.8 Å². The number of carboxylic acids is 1. The van der Waals surface area contributed by atoms with Crippen molar-refractivity contribution >= 4 is 41.1 Å². The molecule has 0 bridgehead atoms. The van der Waals surface area contributed by atoms with E-state index >= 15 is 0 Å². The third kappa shape index (κ3) is 6.58. The number of carbonyl (C=O) groups excluding carboxylic acids is 1. The van der Waals surface area contributed by atoms with Gasteiger partial charge in [0.25, 0.3) is 0 Å². The Bertz CT molecular complexity index is 540. The van der Waals surface area contributed by atoms with Crippen LogP contribution in [0, 0.1) is 0 Å². The lowest BCUT2D eigenvalue weighted by Crippen LogP contribution is -2.31. The lowest BCUT2D eigenvalue weighted by atomic mass is 10.2. The van der Waals surface area contributed by atoms with Gasteiger partial charge in [-0.2, -0.15) is 13.2 Å². The maximum atomic E-state index is 11.9. The number of anilines is 1. The van der Waals surface area contributed by atoms with Crippen LogP contribution < -0.4 is 10.6 Å². The van der Waals surface area contributed by atoms with Crippen molar-refractivity contribution in [1.29, 1.82) is 0 Å². The number of urea groups is 1. The largest absolute Gasteiger partial charge is 0.478 e. The zero-order chi connectivity index (χ0) is 16.0. The van der Waals surface area contributed by atoms with E-state index in [9.17, 15) is 22.8 Å². The Labute approximate surface area is 126 Å². The molecular weight excluding hydrogens is 333 g/mol. The molecule has 1 aromatic carbocycles. The van der Waals surface area contributed by atoms with Crippen LogP contribution in [0.25, 0.3) is 0 Å². The fraction of sp³-hybridized carbons (Fsp3) is 0.273. The van der Waals surface area contributed by atoms with E-state index in [1.54, 1.807) is 0 Å². The van der Waals surface area contributed by atoms with Crippen molar-refractivity contribution < 1.29 is 27.9 Å². The normalized spacial score (nSPS) is 11.0. The first-order valence-corrected chi connectivity index (χ1v) is 6.84. The summed E-state index contributed by atoms with van der Waals surface area (Å²) in [7, 11) is 0. The molecule has 3 N–H and O–H groups in total. The number of thioether (sulfide) groups is 1. The molecule has 1 aromatic rings. The fourth-order valence-corrected chi connectivity index (χ4v) is 1.91. The van der Waals surface area contributed by atoms with Crippen molar-refractivity contribution in [2.75, 3.05) is 17.6 Å². The van der Waals surface area contributed by atoms with Gasteiger partial charge in [0.15, 0.2) is 0 Å². The van der Waals surface area contributed by atoms with E-state index < -0.39 is 17.5 Å². The van der Waals surface area contributed by atoms with Gasteiger partial charge < -0.3 is 15.7 Å². The third-order valence-electron chi connectivity index (χ3n) is 2.11. The van der Waals surface area contributed by atoms with E-state index in [4.69, 9.17) is 16.7 Å². The molecule has 0 aliphatic carbocycles. The van der Waals surface area contributed by atoms with E-state index in [0.29, 0.717) is 0 Å². The molecule has 0 aliphatic rings. The number of hydrogen-bond acceptors (Lipinski definition) is 3. The number of halogens is 4. The van der Waals surface area contributed by atoms with Gasteiger partial charge in [-0.05, 0) is 30.0 Å². The molecule has 0 aromatic heterocycles. The van der Waals surface area contributed by atoms with Gasteiger partial charge in [-0.15, -0.1) is 0 Å². The molecule has 0 atom stereocenters.